The molecule has 0 aliphatic rings. The number of para-hydroxylation sites is 5. The van der Waals surface area contributed by atoms with Gasteiger partial charge in [-0.25, -0.2) is 9.78 Å². The second-order valence-corrected chi connectivity index (χ2v) is 7.43. The number of H-pyrrole nitrogens is 1. The molecule has 2 N–H and O–H groups in total. The number of benzene rings is 3. The summed E-state index contributed by atoms with van der Waals surface area (Å²) in [6, 6.07) is 22.9. The first-order valence-corrected chi connectivity index (χ1v) is 10.1. The summed E-state index contributed by atoms with van der Waals surface area (Å²) in [5, 5.41) is 2.98. The largest absolute Gasteiger partial charge is 0.338 e. The molecule has 2 aromatic heterocycles. The van der Waals surface area contributed by atoms with Gasteiger partial charge in [-0.05, 0) is 36.4 Å². The Bertz CT molecular complexity index is 1440. The zero-order valence-corrected chi connectivity index (χ0v) is 17.0. The maximum atomic E-state index is 12.7. The van der Waals surface area contributed by atoms with Crippen LogP contribution >= 0.6 is 0 Å². The second kappa shape index (κ2) is 7.60. The highest BCUT2D eigenvalue weighted by atomic mass is 16.2. The Balaban J connectivity index is 1.37. The van der Waals surface area contributed by atoms with Crippen LogP contribution in [-0.4, -0.2) is 25.0 Å². The fourth-order valence-electron chi connectivity index (χ4n) is 3.88. The quantitative estimate of drug-likeness (QED) is 0.460. The van der Waals surface area contributed by atoms with E-state index < -0.39 is 0 Å². The molecule has 0 bridgehead atoms. The highest BCUT2D eigenvalue weighted by Crippen LogP contribution is 2.27. The molecule has 0 radical (unpaired) electrons. The SMILES string of the molecule is Cn1c(=O)n(CCC(=O)Nc2ccccc2-c2nc3ccccc3[nH]2)c2ccccc21. The average Bonchev–Trinajstić information content (AvgIpc) is 3.32. The summed E-state index contributed by atoms with van der Waals surface area (Å²) >= 11 is 0. The molecule has 0 spiro atoms. The Labute approximate surface area is 178 Å². The molecule has 5 aromatic rings. The summed E-state index contributed by atoms with van der Waals surface area (Å²) in [7, 11) is 1.74. The van der Waals surface area contributed by atoms with Gasteiger partial charge < -0.3 is 10.3 Å². The molecule has 0 fully saturated rings. The molecule has 0 saturated heterocycles. The van der Waals surface area contributed by atoms with Gasteiger partial charge >= 0.3 is 5.69 Å². The van der Waals surface area contributed by atoms with Gasteiger partial charge in [0.05, 0.1) is 27.8 Å². The number of nitrogens with one attached hydrogen (secondary N) is 2. The molecule has 7 heteroatoms. The summed E-state index contributed by atoms with van der Waals surface area (Å²) in [4.78, 5) is 33.2. The minimum absolute atomic E-state index is 0.128. The molecule has 154 valence electrons. The van der Waals surface area contributed by atoms with Crippen molar-refractivity contribution >= 4 is 33.7 Å². The number of amides is 1. The Morgan fingerprint density at radius 2 is 1.68 bits per heavy atom. The standard InChI is InChI=1S/C24H21N5O2/c1-28-20-12-6-7-13-21(20)29(24(28)31)15-14-22(30)25-17-9-3-2-8-16(17)23-26-18-10-4-5-11-19(18)27-23/h2-13H,14-15H2,1H3,(H,25,30)(H,26,27). The van der Waals surface area contributed by atoms with Gasteiger partial charge in [-0.3, -0.25) is 13.9 Å². The smallest absolute Gasteiger partial charge is 0.328 e. The molecule has 1 amide bonds. The van der Waals surface area contributed by atoms with Crippen LogP contribution in [0.5, 0.6) is 0 Å². The monoisotopic (exact) mass is 411 g/mol. The van der Waals surface area contributed by atoms with Gasteiger partial charge in [0.15, 0.2) is 0 Å². The lowest BCUT2D eigenvalue weighted by Crippen LogP contribution is -2.24. The van der Waals surface area contributed by atoms with Crippen molar-refractivity contribution in [3.05, 3.63) is 83.3 Å². The van der Waals surface area contributed by atoms with Gasteiger partial charge in [0.1, 0.15) is 5.82 Å². The number of aromatic amines is 1. The minimum Gasteiger partial charge on any atom is -0.338 e. The van der Waals surface area contributed by atoms with Crippen LogP contribution in [0.25, 0.3) is 33.5 Å². The Morgan fingerprint density at radius 3 is 2.52 bits per heavy atom. The average molecular weight is 411 g/mol. The van der Waals surface area contributed by atoms with E-state index in [1.807, 2.05) is 72.8 Å². The topological polar surface area (TPSA) is 84.7 Å². The van der Waals surface area contributed by atoms with Crippen molar-refractivity contribution < 1.29 is 4.79 Å². The fraction of sp³-hybridized carbons (Fsp3) is 0.125. The number of rotatable bonds is 5. The molecule has 0 atom stereocenters. The number of anilines is 1. The first-order valence-electron chi connectivity index (χ1n) is 10.1. The third kappa shape index (κ3) is 3.40. The summed E-state index contributed by atoms with van der Waals surface area (Å²) in [6.45, 7) is 0.304. The van der Waals surface area contributed by atoms with Crippen molar-refractivity contribution in [1.29, 1.82) is 0 Å². The van der Waals surface area contributed by atoms with E-state index in [1.165, 1.54) is 0 Å². The van der Waals surface area contributed by atoms with Gasteiger partial charge in [-0.15, -0.1) is 0 Å². The zero-order chi connectivity index (χ0) is 21.4. The minimum atomic E-state index is -0.164. The van der Waals surface area contributed by atoms with E-state index in [4.69, 9.17) is 0 Å². The molecular formula is C24H21N5O2. The fourth-order valence-corrected chi connectivity index (χ4v) is 3.88. The van der Waals surface area contributed by atoms with Crippen LogP contribution < -0.4 is 11.0 Å². The van der Waals surface area contributed by atoms with Gasteiger partial charge in [-0.1, -0.05) is 36.4 Å². The number of hydrogen-bond acceptors (Lipinski definition) is 3. The van der Waals surface area contributed by atoms with Crippen molar-refractivity contribution in [2.24, 2.45) is 7.05 Å². The predicted octanol–water partition coefficient (Wildman–Crippen LogP) is 3.91. The number of carbonyl (C=O) groups excluding carboxylic acids is 1. The predicted molar refractivity (Wildman–Crippen MR) is 122 cm³/mol. The maximum absolute atomic E-state index is 12.7. The Kier molecular flexibility index (Phi) is 4.63. The lowest BCUT2D eigenvalue weighted by Gasteiger charge is -2.10. The number of aryl methyl sites for hydroxylation is 2. The Hall–Kier alpha value is -4.13. The molecule has 5 rings (SSSR count). The summed E-state index contributed by atoms with van der Waals surface area (Å²) in [6.07, 6.45) is 0.183. The Morgan fingerprint density at radius 1 is 0.968 bits per heavy atom. The number of hydrogen-bond donors (Lipinski definition) is 2. The molecule has 7 nitrogen and oxygen atoms in total. The van der Waals surface area contributed by atoms with Crippen LogP contribution in [0.3, 0.4) is 0 Å². The second-order valence-electron chi connectivity index (χ2n) is 7.43. The molecule has 31 heavy (non-hydrogen) atoms. The number of fused-ring (bicyclic) bond motifs is 2. The van der Waals surface area contributed by atoms with Crippen LogP contribution in [0, 0.1) is 0 Å². The van der Waals surface area contributed by atoms with Gasteiger partial charge in [0, 0.05) is 25.6 Å². The van der Waals surface area contributed by atoms with Crippen LogP contribution in [0.4, 0.5) is 5.69 Å². The van der Waals surface area contributed by atoms with E-state index in [1.54, 1.807) is 16.2 Å². The summed E-state index contributed by atoms with van der Waals surface area (Å²) in [5.41, 5.74) is 4.85. The number of imidazole rings is 2. The third-order valence-corrected chi connectivity index (χ3v) is 5.46. The number of nitrogens with zero attached hydrogens (tertiary/aromatic N) is 3. The molecule has 3 aromatic carbocycles. The van der Waals surface area contributed by atoms with E-state index in [2.05, 4.69) is 15.3 Å². The molecule has 0 saturated carbocycles. The van der Waals surface area contributed by atoms with E-state index in [0.29, 0.717) is 18.1 Å². The number of aromatic nitrogens is 4. The van der Waals surface area contributed by atoms with Crippen molar-refractivity contribution in [2.75, 3.05) is 5.32 Å². The third-order valence-electron chi connectivity index (χ3n) is 5.46. The van der Waals surface area contributed by atoms with E-state index >= 15 is 0 Å². The van der Waals surface area contributed by atoms with Gasteiger partial charge in [0.2, 0.25) is 5.91 Å². The first-order chi connectivity index (χ1) is 15.1. The molecule has 2 heterocycles. The lowest BCUT2D eigenvalue weighted by atomic mass is 10.1. The zero-order valence-electron chi connectivity index (χ0n) is 17.0. The highest BCUT2D eigenvalue weighted by molar-refractivity contribution is 5.95. The van der Waals surface area contributed by atoms with Crippen LogP contribution in [0.15, 0.2) is 77.6 Å². The van der Waals surface area contributed by atoms with Gasteiger partial charge in [0.25, 0.3) is 0 Å². The van der Waals surface area contributed by atoms with E-state index in [9.17, 15) is 9.59 Å². The van der Waals surface area contributed by atoms with Crippen molar-refractivity contribution in [2.45, 2.75) is 13.0 Å². The highest BCUT2D eigenvalue weighted by Gasteiger charge is 2.14. The van der Waals surface area contributed by atoms with Crippen molar-refractivity contribution in [3.8, 4) is 11.4 Å². The van der Waals surface area contributed by atoms with E-state index in [0.717, 1.165) is 27.6 Å². The lowest BCUT2D eigenvalue weighted by molar-refractivity contribution is -0.116. The molecule has 0 unspecified atom stereocenters. The first kappa shape index (κ1) is 18.9. The summed E-state index contributed by atoms with van der Waals surface area (Å²) in [5.74, 6) is 0.533. The van der Waals surface area contributed by atoms with Crippen molar-refractivity contribution in [1.82, 2.24) is 19.1 Å². The molecular weight excluding hydrogens is 390 g/mol. The molecule has 0 aliphatic carbocycles. The normalized spacial score (nSPS) is 11.3. The van der Waals surface area contributed by atoms with Crippen LogP contribution in [0.2, 0.25) is 0 Å². The molecule has 0 aliphatic heterocycles. The maximum Gasteiger partial charge on any atom is 0.328 e. The van der Waals surface area contributed by atoms with Crippen molar-refractivity contribution in [3.63, 3.8) is 0 Å². The van der Waals surface area contributed by atoms with Crippen LogP contribution in [0.1, 0.15) is 6.42 Å². The number of carbonyl (C=O) groups is 1. The van der Waals surface area contributed by atoms with Crippen LogP contribution in [-0.2, 0) is 18.4 Å². The summed E-state index contributed by atoms with van der Waals surface area (Å²) < 4.78 is 3.24. The van der Waals surface area contributed by atoms with E-state index in [-0.39, 0.29) is 18.0 Å². The van der Waals surface area contributed by atoms with Gasteiger partial charge in [-0.2, -0.15) is 0 Å².